The molecule has 2 aromatic carbocycles. The first kappa shape index (κ1) is 21.0. The largest absolute Gasteiger partial charge is 0.350 e. The summed E-state index contributed by atoms with van der Waals surface area (Å²) in [6, 6.07) is 19.3. The van der Waals surface area contributed by atoms with E-state index >= 15 is 0 Å². The lowest BCUT2D eigenvalue weighted by Gasteiger charge is -2.13. The monoisotopic (exact) mass is 466 g/mol. The summed E-state index contributed by atoms with van der Waals surface area (Å²) < 4.78 is 8.04. The van der Waals surface area contributed by atoms with Gasteiger partial charge in [0, 0.05) is 11.8 Å². The van der Waals surface area contributed by atoms with E-state index < -0.39 is 5.69 Å². The van der Waals surface area contributed by atoms with Gasteiger partial charge in [-0.3, -0.25) is 4.79 Å². The van der Waals surface area contributed by atoms with Crippen LogP contribution in [0.4, 0.5) is 0 Å². The predicted molar refractivity (Wildman–Crippen MR) is 129 cm³/mol. The molecule has 174 valence electrons. The fourth-order valence-electron chi connectivity index (χ4n) is 4.63. The zero-order valence-corrected chi connectivity index (χ0v) is 19.0. The van der Waals surface area contributed by atoms with Crippen LogP contribution in [-0.4, -0.2) is 30.2 Å². The van der Waals surface area contributed by atoms with E-state index in [2.05, 4.69) is 26.6 Å². The van der Waals surface area contributed by atoms with Crippen LogP contribution in [0.15, 0.2) is 76.2 Å². The normalized spacial score (nSPS) is 14.8. The summed E-state index contributed by atoms with van der Waals surface area (Å²) in [5.74, 6) is 0.429. The Labute approximate surface area is 200 Å². The Morgan fingerprint density at radius 3 is 2.91 bits per heavy atom. The van der Waals surface area contributed by atoms with Crippen molar-refractivity contribution in [2.45, 2.75) is 32.4 Å². The number of hydrogen-bond acceptors (Lipinski definition) is 6. The molecule has 9 nitrogen and oxygen atoms in total. The smallest absolute Gasteiger partial charge is 0.348 e. The van der Waals surface area contributed by atoms with E-state index in [1.54, 1.807) is 18.3 Å². The lowest BCUT2D eigenvalue weighted by molar-refractivity contribution is -0.122. The molecule has 9 heteroatoms. The van der Waals surface area contributed by atoms with Gasteiger partial charge in [-0.2, -0.15) is 4.98 Å². The number of rotatable bonds is 5. The highest BCUT2D eigenvalue weighted by Crippen LogP contribution is 2.30. The van der Waals surface area contributed by atoms with Crippen molar-refractivity contribution >= 4 is 11.6 Å². The van der Waals surface area contributed by atoms with E-state index in [-0.39, 0.29) is 24.4 Å². The number of pyridine rings is 1. The molecule has 5 aromatic rings. The third-order valence-electron chi connectivity index (χ3n) is 6.30. The first-order valence-electron chi connectivity index (χ1n) is 11.4. The Morgan fingerprint density at radius 2 is 2.03 bits per heavy atom. The minimum absolute atomic E-state index is 0.0552. The van der Waals surface area contributed by atoms with Crippen molar-refractivity contribution in [1.82, 2.24) is 29.6 Å². The third kappa shape index (κ3) is 3.80. The van der Waals surface area contributed by atoms with Gasteiger partial charge in [0.1, 0.15) is 6.54 Å². The average molecular weight is 467 g/mol. The molecule has 6 rings (SSSR count). The quantitative estimate of drug-likeness (QED) is 0.426. The van der Waals surface area contributed by atoms with Gasteiger partial charge in [-0.15, -0.1) is 5.10 Å². The summed E-state index contributed by atoms with van der Waals surface area (Å²) in [6.07, 6.45) is 3.37. The zero-order chi connectivity index (χ0) is 23.9. The van der Waals surface area contributed by atoms with Gasteiger partial charge in [0.25, 0.3) is 5.89 Å². The highest BCUT2D eigenvalue weighted by atomic mass is 16.5. The van der Waals surface area contributed by atoms with Crippen LogP contribution in [0.2, 0.25) is 0 Å². The Bertz CT molecular complexity index is 1630. The number of nitrogens with zero attached hydrogens (tertiary/aromatic N) is 5. The van der Waals surface area contributed by atoms with Crippen molar-refractivity contribution in [1.29, 1.82) is 0 Å². The molecule has 3 aromatic heterocycles. The van der Waals surface area contributed by atoms with Crippen LogP contribution in [0.3, 0.4) is 0 Å². The molecule has 1 N–H and O–H groups in total. The summed E-state index contributed by atoms with van der Waals surface area (Å²) >= 11 is 0. The zero-order valence-electron chi connectivity index (χ0n) is 19.0. The standard InChI is InChI=1S/C26H22N6O3/c1-16-6-4-8-18(14-16)23-28-25(35-30-23)20-10-5-13-31-24(20)29-32(26(31)34)15-22(33)27-21-12-11-17-7-2-3-9-19(17)21/h2-10,13-14,21H,11-12,15H2,1H3,(H,27,33)/t21-/m0/s1. The van der Waals surface area contributed by atoms with Gasteiger partial charge < -0.3 is 9.84 Å². The molecule has 0 saturated carbocycles. The molecule has 1 amide bonds. The molecule has 35 heavy (non-hydrogen) atoms. The van der Waals surface area contributed by atoms with E-state index in [1.165, 1.54) is 9.96 Å². The second-order valence-electron chi connectivity index (χ2n) is 8.71. The Hall–Kier alpha value is -4.53. The summed E-state index contributed by atoms with van der Waals surface area (Å²) in [5, 5.41) is 11.6. The Balaban J connectivity index is 1.28. The van der Waals surface area contributed by atoms with E-state index in [1.807, 2.05) is 49.4 Å². The molecule has 0 bridgehead atoms. The van der Waals surface area contributed by atoms with E-state index in [4.69, 9.17) is 4.52 Å². The van der Waals surface area contributed by atoms with Gasteiger partial charge in [-0.25, -0.2) is 13.9 Å². The summed E-state index contributed by atoms with van der Waals surface area (Å²) in [5.41, 5.74) is 4.74. The molecule has 0 radical (unpaired) electrons. The highest BCUT2D eigenvalue weighted by Gasteiger charge is 2.24. The number of aromatic nitrogens is 5. The molecule has 0 fully saturated rings. The van der Waals surface area contributed by atoms with Crippen LogP contribution in [0, 0.1) is 6.92 Å². The maximum absolute atomic E-state index is 13.0. The van der Waals surface area contributed by atoms with Gasteiger partial charge in [-0.05, 0) is 49.1 Å². The van der Waals surface area contributed by atoms with Crippen LogP contribution < -0.4 is 11.0 Å². The van der Waals surface area contributed by atoms with Gasteiger partial charge >= 0.3 is 5.69 Å². The van der Waals surface area contributed by atoms with Crippen LogP contribution >= 0.6 is 0 Å². The van der Waals surface area contributed by atoms with E-state index in [0.29, 0.717) is 17.0 Å². The molecule has 0 saturated heterocycles. The fraction of sp³-hybridized carbons (Fsp3) is 0.192. The van der Waals surface area contributed by atoms with E-state index in [0.717, 1.165) is 34.2 Å². The SMILES string of the molecule is Cc1cccc(-c2noc(-c3cccn4c(=O)n(CC(=O)N[C@H]5CCc6ccccc65)nc34)n2)c1. The predicted octanol–water partition coefficient (Wildman–Crippen LogP) is 3.33. The Kier molecular flexibility index (Phi) is 5.02. The van der Waals surface area contributed by atoms with Crippen molar-refractivity contribution in [3.05, 3.63) is 94.0 Å². The van der Waals surface area contributed by atoms with E-state index in [9.17, 15) is 9.59 Å². The second-order valence-corrected chi connectivity index (χ2v) is 8.71. The number of benzene rings is 2. The van der Waals surface area contributed by atoms with Crippen LogP contribution in [-0.2, 0) is 17.8 Å². The van der Waals surface area contributed by atoms with Gasteiger partial charge in [-0.1, -0.05) is 53.2 Å². The first-order valence-corrected chi connectivity index (χ1v) is 11.4. The molecular weight excluding hydrogens is 444 g/mol. The van der Waals surface area contributed by atoms with Crippen molar-refractivity contribution in [3.8, 4) is 22.8 Å². The van der Waals surface area contributed by atoms with Crippen LogP contribution in [0.1, 0.15) is 29.2 Å². The minimum Gasteiger partial charge on any atom is -0.348 e. The third-order valence-corrected chi connectivity index (χ3v) is 6.30. The average Bonchev–Trinajstić information content (AvgIpc) is 3.58. The van der Waals surface area contributed by atoms with Crippen molar-refractivity contribution in [2.75, 3.05) is 0 Å². The number of fused-ring (bicyclic) bond motifs is 2. The maximum atomic E-state index is 13.0. The van der Waals surface area contributed by atoms with Crippen LogP contribution in [0.5, 0.6) is 0 Å². The lowest BCUT2D eigenvalue weighted by atomic mass is 10.1. The van der Waals surface area contributed by atoms with Crippen molar-refractivity contribution < 1.29 is 9.32 Å². The molecule has 0 aliphatic heterocycles. The first-order chi connectivity index (χ1) is 17.1. The molecule has 3 heterocycles. The fourth-order valence-corrected chi connectivity index (χ4v) is 4.63. The molecular formula is C26H22N6O3. The maximum Gasteiger partial charge on any atom is 0.350 e. The number of carbonyl (C=O) groups is 1. The highest BCUT2D eigenvalue weighted by molar-refractivity contribution is 5.77. The lowest BCUT2D eigenvalue weighted by Crippen LogP contribution is -2.34. The number of hydrogen-bond donors (Lipinski definition) is 1. The van der Waals surface area contributed by atoms with Crippen molar-refractivity contribution in [2.24, 2.45) is 0 Å². The summed E-state index contributed by atoms with van der Waals surface area (Å²) in [7, 11) is 0. The number of nitrogens with one attached hydrogen (secondary N) is 1. The second kappa shape index (κ2) is 8.35. The number of carbonyl (C=O) groups excluding carboxylic acids is 1. The number of amides is 1. The Morgan fingerprint density at radius 1 is 1.14 bits per heavy atom. The molecule has 0 unspecified atom stereocenters. The van der Waals surface area contributed by atoms with Crippen LogP contribution in [0.25, 0.3) is 28.5 Å². The topological polar surface area (TPSA) is 107 Å². The molecule has 1 aliphatic rings. The minimum atomic E-state index is -0.415. The summed E-state index contributed by atoms with van der Waals surface area (Å²) in [6.45, 7) is 1.81. The van der Waals surface area contributed by atoms with Gasteiger partial charge in [0.05, 0.1) is 11.6 Å². The van der Waals surface area contributed by atoms with Gasteiger partial charge in [0.2, 0.25) is 11.7 Å². The van der Waals surface area contributed by atoms with Crippen molar-refractivity contribution in [3.63, 3.8) is 0 Å². The number of aryl methyl sites for hydroxylation is 2. The van der Waals surface area contributed by atoms with Gasteiger partial charge in [0.15, 0.2) is 5.65 Å². The summed E-state index contributed by atoms with van der Waals surface area (Å²) in [4.78, 5) is 30.3. The molecule has 0 spiro atoms. The molecule has 1 atom stereocenters. The molecule has 1 aliphatic carbocycles.